The highest BCUT2D eigenvalue weighted by Gasteiger charge is 2.10. The highest BCUT2D eigenvalue weighted by molar-refractivity contribution is 9.10. The Morgan fingerprint density at radius 2 is 2.06 bits per heavy atom. The molecule has 2 nitrogen and oxygen atoms in total. The molecule has 0 aliphatic rings. The van der Waals surface area contributed by atoms with E-state index >= 15 is 0 Å². The number of fused-ring (bicyclic) bond motifs is 1. The van der Waals surface area contributed by atoms with Crippen LogP contribution in [0.15, 0.2) is 34.9 Å². The molecule has 0 saturated carbocycles. The summed E-state index contributed by atoms with van der Waals surface area (Å²) in [6, 6.07) is 8.30. The van der Waals surface area contributed by atoms with Crippen LogP contribution in [0, 0.1) is 5.41 Å². The lowest BCUT2D eigenvalue weighted by Gasteiger charge is -2.20. The van der Waals surface area contributed by atoms with Crippen molar-refractivity contribution in [1.29, 1.82) is 0 Å². The number of hydrogen-bond donors (Lipinski definition) is 1. The van der Waals surface area contributed by atoms with Crippen molar-refractivity contribution in [3.05, 3.63) is 34.9 Å². The second kappa shape index (κ2) is 4.65. The predicted molar refractivity (Wildman–Crippen MR) is 77.4 cm³/mol. The number of halogens is 1. The number of anilines is 1. The van der Waals surface area contributed by atoms with Gasteiger partial charge in [0, 0.05) is 22.6 Å². The Hall–Kier alpha value is -1.09. The van der Waals surface area contributed by atoms with Gasteiger partial charge >= 0.3 is 0 Å². The van der Waals surface area contributed by atoms with Gasteiger partial charge in [0.2, 0.25) is 0 Å². The number of pyridine rings is 1. The third kappa shape index (κ3) is 3.19. The van der Waals surface area contributed by atoms with Crippen molar-refractivity contribution in [2.24, 2.45) is 5.41 Å². The van der Waals surface area contributed by atoms with Gasteiger partial charge in [-0.2, -0.15) is 0 Å². The largest absolute Gasteiger partial charge is 0.383 e. The minimum absolute atomic E-state index is 0.261. The van der Waals surface area contributed by atoms with Crippen LogP contribution < -0.4 is 5.32 Å². The van der Waals surface area contributed by atoms with Crippen molar-refractivity contribution in [3.8, 4) is 0 Å². The van der Waals surface area contributed by atoms with Crippen LogP contribution >= 0.6 is 15.9 Å². The van der Waals surface area contributed by atoms with Crippen molar-refractivity contribution in [2.75, 3.05) is 11.9 Å². The van der Waals surface area contributed by atoms with E-state index in [4.69, 9.17) is 0 Å². The van der Waals surface area contributed by atoms with E-state index in [1.54, 1.807) is 0 Å². The molecule has 2 rings (SSSR count). The smallest absolute Gasteiger partial charge is 0.0934 e. The van der Waals surface area contributed by atoms with Crippen molar-refractivity contribution in [2.45, 2.75) is 20.8 Å². The molecule has 17 heavy (non-hydrogen) atoms. The van der Waals surface area contributed by atoms with Crippen LogP contribution in [-0.2, 0) is 0 Å². The van der Waals surface area contributed by atoms with Gasteiger partial charge in [-0.25, -0.2) is 0 Å². The summed E-state index contributed by atoms with van der Waals surface area (Å²) >= 11 is 3.44. The third-order valence-corrected chi connectivity index (χ3v) is 2.92. The average Bonchev–Trinajstić information content (AvgIpc) is 2.24. The molecule has 0 spiro atoms. The van der Waals surface area contributed by atoms with Crippen LogP contribution in [-0.4, -0.2) is 11.5 Å². The Bertz CT molecular complexity index is 529. The summed E-state index contributed by atoms with van der Waals surface area (Å²) in [4.78, 5) is 4.47. The Morgan fingerprint density at radius 1 is 1.29 bits per heavy atom. The molecule has 0 radical (unpaired) electrons. The summed E-state index contributed by atoms with van der Waals surface area (Å²) < 4.78 is 1.01. The lowest BCUT2D eigenvalue weighted by molar-refractivity contribution is 0.443. The van der Waals surface area contributed by atoms with Crippen molar-refractivity contribution in [1.82, 2.24) is 4.98 Å². The first-order valence-corrected chi connectivity index (χ1v) is 6.53. The molecule has 3 heteroatoms. The van der Waals surface area contributed by atoms with Crippen molar-refractivity contribution < 1.29 is 0 Å². The van der Waals surface area contributed by atoms with Gasteiger partial charge in [0.1, 0.15) is 0 Å². The zero-order chi connectivity index (χ0) is 12.5. The molecule has 0 fully saturated rings. The molecule has 0 aliphatic carbocycles. The molecule has 90 valence electrons. The fourth-order valence-corrected chi connectivity index (χ4v) is 1.99. The maximum Gasteiger partial charge on any atom is 0.0934 e. The Balaban J connectivity index is 2.34. The summed E-state index contributed by atoms with van der Waals surface area (Å²) in [5, 5.41) is 4.62. The predicted octanol–water partition coefficient (Wildman–Crippen LogP) is 4.46. The summed E-state index contributed by atoms with van der Waals surface area (Å²) in [6.07, 6.45) is 1.84. The first kappa shape index (κ1) is 12.4. The SMILES string of the molecule is CC(C)(C)CNc1cccc2cc(Br)cnc12. The van der Waals surface area contributed by atoms with Gasteiger partial charge in [-0.3, -0.25) is 4.98 Å². The van der Waals surface area contributed by atoms with Crippen molar-refractivity contribution in [3.63, 3.8) is 0 Å². The topological polar surface area (TPSA) is 24.9 Å². The molecule has 1 heterocycles. The molecule has 1 aromatic carbocycles. The minimum atomic E-state index is 0.261. The second-order valence-corrected chi connectivity index (χ2v) is 6.36. The van der Waals surface area contributed by atoms with E-state index in [0.717, 1.165) is 27.6 Å². The van der Waals surface area contributed by atoms with Crippen LogP contribution in [0.3, 0.4) is 0 Å². The molecule has 0 aliphatic heterocycles. The molecule has 0 unspecified atom stereocenters. The normalized spacial score (nSPS) is 11.8. The van der Waals surface area contributed by atoms with Crippen molar-refractivity contribution >= 4 is 32.5 Å². The molecule has 1 N–H and O–H groups in total. The van der Waals surface area contributed by atoms with Gasteiger partial charge in [-0.1, -0.05) is 32.9 Å². The zero-order valence-electron chi connectivity index (χ0n) is 10.4. The molecule has 1 aromatic heterocycles. The monoisotopic (exact) mass is 292 g/mol. The average molecular weight is 293 g/mol. The van der Waals surface area contributed by atoms with E-state index in [1.807, 2.05) is 6.20 Å². The summed E-state index contributed by atoms with van der Waals surface area (Å²) in [5.74, 6) is 0. The van der Waals surface area contributed by atoms with E-state index in [2.05, 4.69) is 71.3 Å². The first-order chi connectivity index (χ1) is 7.96. The van der Waals surface area contributed by atoms with E-state index in [9.17, 15) is 0 Å². The molecular weight excluding hydrogens is 276 g/mol. The number of rotatable bonds is 2. The number of benzene rings is 1. The van der Waals surface area contributed by atoms with Crippen LogP contribution in [0.1, 0.15) is 20.8 Å². The van der Waals surface area contributed by atoms with Gasteiger partial charge in [0.15, 0.2) is 0 Å². The maximum absolute atomic E-state index is 4.47. The molecule has 0 amide bonds. The quantitative estimate of drug-likeness (QED) is 0.884. The number of para-hydroxylation sites is 1. The minimum Gasteiger partial charge on any atom is -0.383 e. The van der Waals surface area contributed by atoms with Gasteiger partial charge < -0.3 is 5.32 Å². The molecule has 0 saturated heterocycles. The Morgan fingerprint density at radius 3 is 2.76 bits per heavy atom. The zero-order valence-corrected chi connectivity index (χ0v) is 12.0. The summed E-state index contributed by atoms with van der Waals surface area (Å²) in [7, 11) is 0. The second-order valence-electron chi connectivity index (χ2n) is 5.45. The molecule has 2 aromatic rings. The van der Waals surface area contributed by atoms with Crippen LogP contribution in [0.4, 0.5) is 5.69 Å². The number of hydrogen-bond acceptors (Lipinski definition) is 2. The molecule has 0 bridgehead atoms. The number of nitrogens with zero attached hydrogens (tertiary/aromatic N) is 1. The summed E-state index contributed by atoms with van der Waals surface area (Å²) in [5.41, 5.74) is 2.39. The standard InChI is InChI=1S/C14H17BrN2/c1-14(2,3)9-17-12-6-4-5-10-7-11(15)8-16-13(10)12/h4-8,17H,9H2,1-3H3. The number of nitrogens with one attached hydrogen (secondary N) is 1. The van der Waals surface area contributed by atoms with Gasteiger partial charge in [0.25, 0.3) is 0 Å². The van der Waals surface area contributed by atoms with Gasteiger partial charge in [0.05, 0.1) is 11.2 Å². The fraction of sp³-hybridized carbons (Fsp3) is 0.357. The van der Waals surface area contributed by atoms with Crippen LogP contribution in [0.2, 0.25) is 0 Å². The van der Waals surface area contributed by atoms with Crippen LogP contribution in [0.25, 0.3) is 10.9 Å². The first-order valence-electron chi connectivity index (χ1n) is 5.74. The summed E-state index contributed by atoms with van der Waals surface area (Å²) in [6.45, 7) is 7.59. The van der Waals surface area contributed by atoms with Crippen LogP contribution in [0.5, 0.6) is 0 Å². The third-order valence-electron chi connectivity index (χ3n) is 2.49. The Labute approximate surface area is 111 Å². The highest BCUT2D eigenvalue weighted by Crippen LogP contribution is 2.25. The fourth-order valence-electron chi connectivity index (χ4n) is 1.64. The van der Waals surface area contributed by atoms with E-state index in [1.165, 1.54) is 0 Å². The molecular formula is C14H17BrN2. The number of aromatic nitrogens is 1. The lowest BCUT2D eigenvalue weighted by Crippen LogP contribution is -2.19. The van der Waals surface area contributed by atoms with E-state index < -0.39 is 0 Å². The van der Waals surface area contributed by atoms with Gasteiger partial charge in [-0.05, 0) is 33.5 Å². The van der Waals surface area contributed by atoms with E-state index in [-0.39, 0.29) is 5.41 Å². The lowest BCUT2D eigenvalue weighted by atomic mass is 9.97. The van der Waals surface area contributed by atoms with E-state index in [0.29, 0.717) is 0 Å². The maximum atomic E-state index is 4.47. The Kier molecular flexibility index (Phi) is 3.38. The highest BCUT2D eigenvalue weighted by atomic mass is 79.9. The van der Waals surface area contributed by atoms with Gasteiger partial charge in [-0.15, -0.1) is 0 Å². The molecule has 0 atom stereocenters.